The first kappa shape index (κ1) is 28.6. The number of aliphatic hydroxyl groups is 5. The SMILES string of the molecule is N[C@@]1(Br)[C@H]([C@H](O)[C@H](O)CO)OC(O)(C(=O)[O-])C(C(=O)Cc2cc3ccccc3[nH]2)[C@@]1(O)Cl.[Na+]. The van der Waals surface area contributed by atoms with Crippen LogP contribution in [-0.4, -0.2) is 82.5 Å². The summed E-state index contributed by atoms with van der Waals surface area (Å²) in [5, 5.41) is 60.3. The number of alkyl halides is 2. The summed E-state index contributed by atoms with van der Waals surface area (Å²) in [5.41, 5.74) is 6.97. The number of carbonyl (C=O) groups is 2. The predicted molar refractivity (Wildman–Crippen MR) is 111 cm³/mol. The fourth-order valence-corrected chi connectivity index (χ4v) is 4.74. The van der Waals surface area contributed by atoms with Crippen molar-refractivity contribution < 1.29 is 74.5 Å². The van der Waals surface area contributed by atoms with Crippen LogP contribution in [0.3, 0.4) is 0 Å². The smallest absolute Gasteiger partial charge is 0.544 e. The van der Waals surface area contributed by atoms with Crippen LogP contribution < -0.4 is 40.4 Å². The molecule has 1 aromatic carbocycles. The summed E-state index contributed by atoms with van der Waals surface area (Å²) in [6, 6.07) is 8.63. The van der Waals surface area contributed by atoms with Crippen LogP contribution in [0, 0.1) is 5.92 Å². The molecule has 1 aromatic heterocycles. The molecule has 0 bridgehead atoms. The monoisotopic (exact) mass is 558 g/mol. The third-order valence-corrected chi connectivity index (χ3v) is 7.30. The van der Waals surface area contributed by atoms with Gasteiger partial charge in [-0.2, -0.15) is 0 Å². The Bertz CT molecular complexity index is 1000. The Kier molecular flexibility index (Phi) is 8.82. The zero-order valence-electron chi connectivity index (χ0n) is 17.3. The molecule has 0 amide bonds. The molecule has 0 radical (unpaired) electrons. The third-order valence-electron chi connectivity index (χ3n) is 5.49. The summed E-state index contributed by atoms with van der Waals surface area (Å²) in [7, 11) is 0. The topological polar surface area (TPSA) is 209 Å². The Morgan fingerprint density at radius 1 is 1.30 bits per heavy atom. The van der Waals surface area contributed by atoms with Crippen molar-refractivity contribution in [3.8, 4) is 0 Å². The normalized spacial score (nSPS) is 33.8. The zero-order valence-corrected chi connectivity index (χ0v) is 21.7. The number of Topliss-reactive ketones (excluding diaryl/α,β-unsaturated/α-hetero) is 1. The Morgan fingerprint density at radius 3 is 2.45 bits per heavy atom. The number of carbonyl (C=O) groups excluding carboxylic acids is 2. The Labute approximate surface area is 222 Å². The average Bonchev–Trinajstić information content (AvgIpc) is 3.11. The number of nitrogens with one attached hydrogen (secondary N) is 1. The van der Waals surface area contributed by atoms with Gasteiger partial charge in [0.05, 0.1) is 6.61 Å². The van der Waals surface area contributed by atoms with E-state index < -0.39 is 64.3 Å². The minimum Gasteiger partial charge on any atom is -0.544 e. The number of aromatic nitrogens is 1. The quantitative estimate of drug-likeness (QED) is 0.0971. The maximum Gasteiger partial charge on any atom is 1.00 e. The van der Waals surface area contributed by atoms with Gasteiger partial charge in [0, 0.05) is 17.6 Å². The van der Waals surface area contributed by atoms with Gasteiger partial charge < -0.3 is 50.9 Å². The number of carboxylic acids is 1. The molecule has 33 heavy (non-hydrogen) atoms. The van der Waals surface area contributed by atoms with Crippen LogP contribution in [0.2, 0.25) is 0 Å². The van der Waals surface area contributed by atoms with E-state index >= 15 is 0 Å². The molecule has 11 nitrogen and oxygen atoms in total. The second-order valence-electron chi connectivity index (χ2n) is 7.66. The molecule has 1 aliphatic heterocycles. The standard InChI is InChI=1S/C19H22BrClN2O9.Na/c20-18(22)15(13(27)12(26)7-24)32-17(30,16(28)29)14(19(18,21)31)11(25)6-9-5-8-3-1-2-4-10(8)23-9;/h1-5,12-15,23-24,26-27,30-31H,6-7,22H2,(H,28,29);/q;+1/p-1/t12-,13-,14?,15+,17?,18+,19+;/m1./s1. The molecule has 2 heterocycles. The molecule has 1 saturated heterocycles. The van der Waals surface area contributed by atoms with Crippen molar-refractivity contribution in [2.45, 2.75) is 40.0 Å². The number of hydrogen-bond acceptors (Lipinski definition) is 10. The summed E-state index contributed by atoms with van der Waals surface area (Å²) >= 11 is 8.99. The first-order valence-electron chi connectivity index (χ1n) is 9.34. The van der Waals surface area contributed by atoms with Crippen molar-refractivity contribution in [1.29, 1.82) is 0 Å². The number of ether oxygens (including phenoxy) is 1. The Balaban J connectivity index is 0.00000385. The van der Waals surface area contributed by atoms with Crippen molar-refractivity contribution in [3.63, 3.8) is 0 Å². The number of H-pyrrole nitrogens is 1. The van der Waals surface area contributed by atoms with Crippen molar-refractivity contribution in [2.75, 3.05) is 6.61 Å². The first-order valence-corrected chi connectivity index (χ1v) is 10.5. The molecule has 0 spiro atoms. The number of rotatable bonds is 7. The van der Waals surface area contributed by atoms with E-state index in [0.717, 1.165) is 5.39 Å². The van der Waals surface area contributed by atoms with Crippen LogP contribution in [-0.2, 0) is 20.7 Å². The van der Waals surface area contributed by atoms with Crippen molar-refractivity contribution in [3.05, 3.63) is 36.0 Å². The molecule has 3 rings (SSSR count). The van der Waals surface area contributed by atoms with E-state index in [0.29, 0.717) is 11.2 Å². The second kappa shape index (κ2) is 10.2. The summed E-state index contributed by atoms with van der Waals surface area (Å²) < 4.78 is 2.55. The number of nitrogens with two attached hydrogens (primary N) is 1. The summed E-state index contributed by atoms with van der Waals surface area (Å²) in [4.78, 5) is 27.9. The number of halogens is 2. The van der Waals surface area contributed by atoms with Crippen LogP contribution in [0.15, 0.2) is 30.3 Å². The van der Waals surface area contributed by atoms with Crippen molar-refractivity contribution in [1.82, 2.24) is 4.98 Å². The molecule has 176 valence electrons. The number of fused-ring (bicyclic) bond motifs is 1. The van der Waals surface area contributed by atoms with Gasteiger partial charge in [0.15, 0.2) is 10.8 Å². The molecular formula is C19H21BrClN2NaO9. The largest absolute Gasteiger partial charge is 1.00 e. The average molecular weight is 560 g/mol. The number of para-hydroxylation sites is 1. The minimum absolute atomic E-state index is 0. The summed E-state index contributed by atoms with van der Waals surface area (Å²) in [5.74, 6) is -9.36. The van der Waals surface area contributed by atoms with E-state index in [1.807, 2.05) is 0 Å². The Morgan fingerprint density at radius 2 is 1.91 bits per heavy atom. The maximum absolute atomic E-state index is 13.1. The number of ketones is 1. The molecule has 7 atom stereocenters. The van der Waals surface area contributed by atoms with Gasteiger partial charge in [-0.25, -0.2) is 0 Å². The molecule has 8 N–H and O–H groups in total. The van der Waals surface area contributed by atoms with E-state index in [9.17, 15) is 35.1 Å². The van der Waals surface area contributed by atoms with E-state index in [2.05, 4.69) is 20.9 Å². The molecule has 0 saturated carbocycles. The van der Waals surface area contributed by atoms with Gasteiger partial charge in [-0.15, -0.1) is 0 Å². The van der Waals surface area contributed by atoms with Crippen molar-refractivity contribution in [2.24, 2.45) is 11.7 Å². The number of carboxylic acid groups (broad SMARTS) is 1. The third kappa shape index (κ3) is 4.90. The van der Waals surface area contributed by atoms with Crippen LogP contribution in [0.5, 0.6) is 0 Å². The molecular weight excluding hydrogens is 539 g/mol. The number of aliphatic carboxylic acids is 1. The number of aliphatic hydroxyl groups excluding tert-OH is 3. The van der Waals surface area contributed by atoms with Crippen molar-refractivity contribution >= 4 is 50.2 Å². The van der Waals surface area contributed by atoms with Crippen LogP contribution in [0.25, 0.3) is 10.9 Å². The zero-order chi connectivity index (χ0) is 24.1. The van der Waals surface area contributed by atoms with Crippen LogP contribution in [0.1, 0.15) is 5.69 Å². The maximum atomic E-state index is 13.1. The molecule has 1 fully saturated rings. The number of benzene rings is 1. The van der Waals surface area contributed by atoms with Crippen LogP contribution in [0.4, 0.5) is 0 Å². The first-order chi connectivity index (χ1) is 14.8. The van der Waals surface area contributed by atoms with Gasteiger partial charge in [0.2, 0.25) is 5.79 Å². The van der Waals surface area contributed by atoms with Gasteiger partial charge in [-0.05, 0) is 17.5 Å². The second-order valence-corrected chi connectivity index (χ2v) is 9.55. The molecule has 0 aliphatic carbocycles. The van der Waals surface area contributed by atoms with E-state index in [-0.39, 0.29) is 29.6 Å². The predicted octanol–water partition coefficient (Wildman–Crippen LogP) is -5.57. The van der Waals surface area contributed by atoms with Gasteiger partial charge in [-0.1, -0.05) is 45.7 Å². The number of aromatic amines is 1. The molecule has 1 aliphatic rings. The molecule has 2 unspecified atom stereocenters. The van der Waals surface area contributed by atoms with Gasteiger partial charge in [-0.3, -0.25) is 4.79 Å². The molecule has 14 heteroatoms. The van der Waals surface area contributed by atoms with Gasteiger partial charge in [0.1, 0.15) is 34.6 Å². The fraction of sp³-hybridized carbons (Fsp3) is 0.474. The molecule has 2 aromatic rings. The van der Waals surface area contributed by atoms with E-state index in [4.69, 9.17) is 27.2 Å². The van der Waals surface area contributed by atoms with Crippen LogP contribution >= 0.6 is 27.5 Å². The van der Waals surface area contributed by atoms with Gasteiger partial charge >= 0.3 is 29.6 Å². The van der Waals surface area contributed by atoms with Gasteiger partial charge in [0.25, 0.3) is 0 Å². The Hall–Kier alpha value is -0.610. The minimum atomic E-state index is -3.54. The summed E-state index contributed by atoms with van der Waals surface area (Å²) in [6.07, 6.45) is -6.67. The fourth-order valence-electron chi connectivity index (χ4n) is 3.77. The number of hydrogen-bond donors (Lipinski definition) is 7. The van der Waals surface area contributed by atoms with E-state index in [1.54, 1.807) is 30.3 Å². The van der Waals surface area contributed by atoms with E-state index in [1.165, 1.54) is 0 Å². The summed E-state index contributed by atoms with van der Waals surface area (Å²) in [6.45, 7) is -1.00.